The van der Waals surface area contributed by atoms with E-state index in [4.69, 9.17) is 4.74 Å². The smallest absolute Gasteiger partial charge is 0.410 e. The van der Waals surface area contributed by atoms with E-state index in [1.807, 2.05) is 37.3 Å². The first kappa shape index (κ1) is 18.9. The number of carbonyl (C=O) groups excluding carboxylic acids is 1. The lowest BCUT2D eigenvalue weighted by Gasteiger charge is -2.14. The maximum atomic E-state index is 12.3. The molecule has 1 N–H and O–H groups in total. The molecule has 8 heteroatoms. The van der Waals surface area contributed by atoms with E-state index in [1.54, 1.807) is 12.1 Å². The number of amides is 1. The van der Waals surface area contributed by atoms with Crippen LogP contribution in [0.3, 0.4) is 0 Å². The van der Waals surface area contributed by atoms with Gasteiger partial charge in [-0.3, -0.25) is 0 Å². The molecule has 1 saturated heterocycles. The zero-order valence-corrected chi connectivity index (χ0v) is 15.8. The van der Waals surface area contributed by atoms with E-state index in [9.17, 15) is 13.2 Å². The van der Waals surface area contributed by atoms with Gasteiger partial charge in [-0.15, -0.1) is 0 Å². The molecule has 7 nitrogen and oxygen atoms in total. The fourth-order valence-corrected chi connectivity index (χ4v) is 3.44. The molecular formula is C19H21N3O4S. The molecule has 1 amide bonds. The number of rotatable bonds is 5. The van der Waals surface area contributed by atoms with Gasteiger partial charge >= 0.3 is 6.09 Å². The van der Waals surface area contributed by atoms with Crippen molar-refractivity contribution in [2.45, 2.75) is 24.8 Å². The van der Waals surface area contributed by atoms with Gasteiger partial charge in [-0.25, -0.2) is 9.63 Å². The molecule has 0 aliphatic carbocycles. The standard InChI is InChI=1S/C19H21N3O4S/c1-15-7-9-18(10-8-15)27(24,25)21-20-17-11-12-22(13-17)19(23)26-14-16-5-3-2-4-6-16/h2-10,21H,11-14H2,1H3/b20-17+. The topological polar surface area (TPSA) is 88.1 Å². The Morgan fingerprint density at radius 2 is 1.85 bits per heavy atom. The van der Waals surface area contributed by atoms with E-state index in [0.717, 1.165) is 11.1 Å². The maximum Gasteiger partial charge on any atom is 0.410 e. The number of hydrazone groups is 1. The quantitative estimate of drug-likeness (QED) is 0.799. The van der Waals surface area contributed by atoms with E-state index >= 15 is 0 Å². The minimum absolute atomic E-state index is 0.148. The summed E-state index contributed by atoms with van der Waals surface area (Å²) in [6, 6.07) is 15.9. The Balaban J connectivity index is 1.54. The second-order valence-electron chi connectivity index (χ2n) is 6.30. The maximum absolute atomic E-state index is 12.3. The van der Waals surface area contributed by atoms with E-state index in [2.05, 4.69) is 9.93 Å². The lowest BCUT2D eigenvalue weighted by atomic mass is 10.2. The number of nitrogens with zero attached hydrogens (tertiary/aromatic N) is 2. The van der Waals surface area contributed by atoms with Crippen LogP contribution in [0.5, 0.6) is 0 Å². The fraction of sp³-hybridized carbons (Fsp3) is 0.263. The molecule has 0 aromatic heterocycles. The van der Waals surface area contributed by atoms with Gasteiger partial charge in [-0.05, 0) is 24.6 Å². The number of hydrogen-bond donors (Lipinski definition) is 1. The molecule has 0 spiro atoms. The zero-order chi connectivity index (χ0) is 19.3. The number of aryl methyl sites for hydroxylation is 1. The molecule has 0 saturated carbocycles. The fourth-order valence-electron chi connectivity index (χ4n) is 2.59. The predicted octanol–water partition coefficient (Wildman–Crippen LogP) is 2.67. The lowest BCUT2D eigenvalue weighted by Crippen LogP contribution is -2.29. The third-order valence-electron chi connectivity index (χ3n) is 4.16. The van der Waals surface area contributed by atoms with Gasteiger partial charge in [-0.1, -0.05) is 48.0 Å². The van der Waals surface area contributed by atoms with Crippen molar-refractivity contribution in [3.63, 3.8) is 0 Å². The predicted molar refractivity (Wildman–Crippen MR) is 102 cm³/mol. The molecular weight excluding hydrogens is 366 g/mol. The molecule has 0 bridgehead atoms. The SMILES string of the molecule is Cc1ccc(S(=O)(=O)N/N=C2\CCN(C(=O)OCc3ccccc3)C2)cc1. The van der Waals surface area contributed by atoms with E-state index in [1.165, 1.54) is 17.0 Å². The molecule has 1 aliphatic rings. The van der Waals surface area contributed by atoms with Gasteiger partial charge in [0.15, 0.2) is 0 Å². The molecule has 1 aliphatic heterocycles. The second kappa shape index (κ2) is 8.22. The number of likely N-dealkylation sites (tertiary alicyclic amines) is 1. The van der Waals surface area contributed by atoms with Crippen LogP contribution in [0.15, 0.2) is 64.6 Å². The lowest BCUT2D eigenvalue weighted by molar-refractivity contribution is 0.105. The van der Waals surface area contributed by atoms with Crippen LogP contribution in [0.4, 0.5) is 4.79 Å². The first-order valence-corrected chi connectivity index (χ1v) is 10.0. The average Bonchev–Trinajstić information content (AvgIpc) is 3.15. The minimum atomic E-state index is -3.72. The molecule has 27 heavy (non-hydrogen) atoms. The third kappa shape index (κ3) is 5.07. The third-order valence-corrected chi connectivity index (χ3v) is 5.39. The van der Waals surface area contributed by atoms with Gasteiger partial charge in [-0.2, -0.15) is 13.5 Å². The zero-order valence-electron chi connectivity index (χ0n) is 15.0. The molecule has 0 unspecified atom stereocenters. The normalized spacial score (nSPS) is 15.7. The number of sulfonamides is 1. The van der Waals surface area contributed by atoms with Crippen molar-refractivity contribution in [2.75, 3.05) is 13.1 Å². The van der Waals surface area contributed by atoms with Crippen LogP contribution in [0.2, 0.25) is 0 Å². The Morgan fingerprint density at radius 1 is 1.15 bits per heavy atom. The molecule has 2 aromatic rings. The summed E-state index contributed by atoms with van der Waals surface area (Å²) < 4.78 is 29.8. The molecule has 1 heterocycles. The van der Waals surface area contributed by atoms with Crippen LogP contribution in [-0.4, -0.2) is 38.2 Å². The van der Waals surface area contributed by atoms with Gasteiger partial charge in [0.05, 0.1) is 17.2 Å². The summed E-state index contributed by atoms with van der Waals surface area (Å²) >= 11 is 0. The molecule has 1 fully saturated rings. The van der Waals surface area contributed by atoms with Crippen LogP contribution in [0.1, 0.15) is 17.5 Å². The molecule has 2 aromatic carbocycles. The van der Waals surface area contributed by atoms with Gasteiger partial charge in [0, 0.05) is 13.0 Å². The summed E-state index contributed by atoms with van der Waals surface area (Å²) in [7, 11) is -3.72. The molecule has 0 atom stereocenters. The molecule has 0 radical (unpaired) electrons. The van der Waals surface area contributed by atoms with Crippen molar-refractivity contribution in [1.29, 1.82) is 0 Å². The molecule has 142 valence electrons. The summed E-state index contributed by atoms with van der Waals surface area (Å²) in [5, 5.41) is 3.97. The number of carbonyl (C=O) groups is 1. The van der Waals surface area contributed by atoms with Crippen LogP contribution < -0.4 is 4.83 Å². The van der Waals surface area contributed by atoms with Crippen LogP contribution in [-0.2, 0) is 21.4 Å². The van der Waals surface area contributed by atoms with Crippen molar-refractivity contribution in [2.24, 2.45) is 5.10 Å². The summed E-state index contributed by atoms with van der Waals surface area (Å²) in [5.74, 6) is 0. The number of ether oxygens (including phenoxy) is 1. The van der Waals surface area contributed by atoms with Crippen LogP contribution >= 0.6 is 0 Å². The number of benzene rings is 2. The van der Waals surface area contributed by atoms with Crippen molar-refractivity contribution in [1.82, 2.24) is 9.73 Å². The van der Waals surface area contributed by atoms with Gasteiger partial charge < -0.3 is 9.64 Å². The Kier molecular flexibility index (Phi) is 5.75. The summed E-state index contributed by atoms with van der Waals surface area (Å²) in [4.78, 5) is 16.0. The minimum Gasteiger partial charge on any atom is -0.445 e. The highest BCUT2D eigenvalue weighted by Gasteiger charge is 2.24. The van der Waals surface area contributed by atoms with Crippen molar-refractivity contribution in [3.8, 4) is 0 Å². The Morgan fingerprint density at radius 3 is 2.56 bits per heavy atom. The van der Waals surface area contributed by atoms with Crippen LogP contribution in [0, 0.1) is 6.92 Å². The highest BCUT2D eigenvalue weighted by molar-refractivity contribution is 7.89. The highest BCUT2D eigenvalue weighted by atomic mass is 32.2. The Bertz CT molecular complexity index is 925. The van der Waals surface area contributed by atoms with Crippen molar-refractivity contribution < 1.29 is 17.9 Å². The van der Waals surface area contributed by atoms with E-state index < -0.39 is 16.1 Å². The van der Waals surface area contributed by atoms with Crippen molar-refractivity contribution in [3.05, 3.63) is 65.7 Å². The van der Waals surface area contributed by atoms with Crippen molar-refractivity contribution >= 4 is 21.8 Å². The summed E-state index contributed by atoms with van der Waals surface area (Å²) in [6.07, 6.45) is 0.0575. The summed E-state index contributed by atoms with van der Waals surface area (Å²) in [5.41, 5.74) is 2.47. The Labute approximate surface area is 158 Å². The number of hydrogen-bond acceptors (Lipinski definition) is 5. The second-order valence-corrected chi connectivity index (χ2v) is 7.96. The van der Waals surface area contributed by atoms with E-state index in [-0.39, 0.29) is 18.0 Å². The average molecular weight is 387 g/mol. The largest absolute Gasteiger partial charge is 0.445 e. The first-order valence-electron chi connectivity index (χ1n) is 8.53. The Hall–Kier alpha value is -2.87. The summed E-state index contributed by atoms with van der Waals surface area (Å²) in [6.45, 7) is 2.76. The van der Waals surface area contributed by atoms with Gasteiger partial charge in [0.2, 0.25) is 0 Å². The van der Waals surface area contributed by atoms with E-state index in [0.29, 0.717) is 18.7 Å². The monoisotopic (exact) mass is 387 g/mol. The van der Waals surface area contributed by atoms with Gasteiger partial charge in [0.25, 0.3) is 10.0 Å². The number of nitrogens with one attached hydrogen (secondary N) is 1. The van der Waals surface area contributed by atoms with Gasteiger partial charge in [0.1, 0.15) is 6.61 Å². The molecule has 3 rings (SSSR count). The highest BCUT2D eigenvalue weighted by Crippen LogP contribution is 2.12. The van der Waals surface area contributed by atoms with Crippen LogP contribution in [0.25, 0.3) is 0 Å². The first-order chi connectivity index (χ1) is 12.9.